The zero-order valence-corrected chi connectivity index (χ0v) is 25.1. The van der Waals surface area contributed by atoms with Crippen molar-refractivity contribution in [3.63, 3.8) is 0 Å². The van der Waals surface area contributed by atoms with Crippen molar-refractivity contribution in [2.45, 2.75) is 64.8 Å². The lowest BCUT2D eigenvalue weighted by atomic mass is 9.85. The number of fused-ring (bicyclic) bond motifs is 1. The number of carbonyl (C=O) groups excluding carboxylic acids is 2. The van der Waals surface area contributed by atoms with Crippen LogP contribution >= 0.6 is 11.3 Å². The number of thiazole rings is 1. The van der Waals surface area contributed by atoms with Crippen molar-refractivity contribution in [3.8, 4) is 10.4 Å². The lowest BCUT2D eigenvalue weighted by Gasteiger charge is -2.36. The van der Waals surface area contributed by atoms with Crippen molar-refractivity contribution >= 4 is 23.2 Å². The number of carbonyl (C=O) groups is 2. The summed E-state index contributed by atoms with van der Waals surface area (Å²) in [7, 11) is 0. The molecule has 0 radical (unpaired) electrons. The van der Waals surface area contributed by atoms with E-state index in [1.807, 2.05) is 94.0 Å². The Morgan fingerprint density at radius 1 is 1.12 bits per heavy atom. The van der Waals surface area contributed by atoms with Gasteiger partial charge in [-0.05, 0) is 35.4 Å². The number of hydrogen-bond acceptors (Lipinski definition) is 7. The number of nitrogens with one attached hydrogen (secondary N) is 1. The number of nitrogens with zero attached hydrogens (tertiary/aromatic N) is 5. The van der Waals surface area contributed by atoms with E-state index in [0.717, 1.165) is 33.0 Å². The Labute approximate surface area is 249 Å². The van der Waals surface area contributed by atoms with Gasteiger partial charge < -0.3 is 15.3 Å². The molecule has 2 aromatic heterocycles. The summed E-state index contributed by atoms with van der Waals surface area (Å²) in [6.07, 6.45) is 2.13. The predicted octanol–water partition coefficient (Wildman–Crippen LogP) is 4.17. The van der Waals surface area contributed by atoms with Gasteiger partial charge in [0.05, 0.1) is 27.9 Å². The van der Waals surface area contributed by atoms with Gasteiger partial charge in [0.2, 0.25) is 11.8 Å². The first-order chi connectivity index (χ1) is 20.1. The summed E-state index contributed by atoms with van der Waals surface area (Å²) >= 11 is 1.60. The maximum atomic E-state index is 14.2. The molecular formula is C32H36N6O3S. The second-order valence-corrected chi connectivity index (χ2v) is 13.4. The number of rotatable bonds is 8. The molecule has 42 heavy (non-hydrogen) atoms. The van der Waals surface area contributed by atoms with Gasteiger partial charge in [0.25, 0.3) is 0 Å². The molecule has 1 saturated heterocycles. The van der Waals surface area contributed by atoms with Crippen molar-refractivity contribution in [3.05, 3.63) is 88.8 Å². The van der Waals surface area contributed by atoms with Crippen LogP contribution in [0.1, 0.15) is 55.7 Å². The number of amides is 2. The number of piperidine rings is 1. The Bertz CT molecular complexity index is 1590. The first-order valence-electron chi connectivity index (χ1n) is 14.3. The minimum absolute atomic E-state index is 0.123. The fraction of sp³-hybridized carbons (Fsp3) is 0.406. The van der Waals surface area contributed by atoms with Gasteiger partial charge in [-0.3, -0.25) is 9.59 Å². The van der Waals surface area contributed by atoms with Crippen LogP contribution in [0.25, 0.3) is 10.4 Å². The topological polar surface area (TPSA) is 113 Å². The van der Waals surface area contributed by atoms with Gasteiger partial charge in [-0.25, -0.2) is 9.67 Å². The summed E-state index contributed by atoms with van der Waals surface area (Å²) in [5.41, 5.74) is 5.19. The first-order valence-corrected chi connectivity index (χ1v) is 15.2. The van der Waals surface area contributed by atoms with Gasteiger partial charge >= 0.3 is 0 Å². The van der Waals surface area contributed by atoms with Crippen LogP contribution in [0.15, 0.2) is 66.3 Å². The summed E-state index contributed by atoms with van der Waals surface area (Å²) in [5, 5.41) is 22.6. The van der Waals surface area contributed by atoms with Crippen LogP contribution in [0.2, 0.25) is 0 Å². The Hall–Kier alpha value is -3.89. The number of β-amino-alcohol motifs (C(OH)–C–C–N with tert-alkyl or cyclic N) is 1. The van der Waals surface area contributed by atoms with E-state index >= 15 is 0 Å². The lowest BCUT2D eigenvalue weighted by molar-refractivity contribution is -0.146. The largest absolute Gasteiger partial charge is 0.391 e. The standard InChI is InChI=1S/C32H36N6O3S/c1-20-27(42-19-34-20)23-12-10-22(11-13-23)16-33-30(41)32-15-25(32)26(39)18-37(32)29(40)28(31(2,3)4)38-17-24(35-36-38)14-21-8-6-5-7-9-21/h5-13,17,19,25-26,28,39H,14-16,18H2,1-4H3,(H,33,41)/t25-,26+,28-,32?/m1/s1. The maximum absolute atomic E-state index is 14.2. The van der Waals surface area contributed by atoms with Gasteiger partial charge in [0, 0.05) is 31.6 Å². The minimum atomic E-state index is -1.05. The molecule has 1 saturated carbocycles. The Morgan fingerprint density at radius 3 is 2.50 bits per heavy atom. The van der Waals surface area contributed by atoms with Gasteiger partial charge in [-0.1, -0.05) is 80.6 Å². The molecule has 1 unspecified atom stereocenters. The van der Waals surface area contributed by atoms with E-state index in [-0.39, 0.29) is 24.3 Å². The smallest absolute Gasteiger partial charge is 0.249 e. The molecule has 1 aliphatic heterocycles. The van der Waals surface area contributed by atoms with E-state index in [9.17, 15) is 14.7 Å². The van der Waals surface area contributed by atoms with Gasteiger partial charge in [0.1, 0.15) is 11.6 Å². The van der Waals surface area contributed by atoms with E-state index in [1.165, 1.54) is 0 Å². The fourth-order valence-corrected chi connectivity index (χ4v) is 7.04. The average Bonchev–Trinajstić information content (AvgIpc) is 3.16. The van der Waals surface area contributed by atoms with Crippen molar-refractivity contribution in [2.24, 2.45) is 11.3 Å². The molecule has 1 aliphatic carbocycles. The molecule has 218 valence electrons. The molecule has 0 bridgehead atoms. The van der Waals surface area contributed by atoms with Crippen LogP contribution in [-0.4, -0.2) is 60.0 Å². The predicted molar refractivity (Wildman–Crippen MR) is 160 cm³/mol. The number of aromatic nitrogens is 4. The van der Waals surface area contributed by atoms with Crippen molar-refractivity contribution in [1.29, 1.82) is 0 Å². The van der Waals surface area contributed by atoms with Crippen molar-refractivity contribution < 1.29 is 14.7 Å². The van der Waals surface area contributed by atoms with E-state index in [0.29, 0.717) is 19.4 Å². The van der Waals surface area contributed by atoms with Crippen molar-refractivity contribution in [2.75, 3.05) is 6.54 Å². The molecule has 4 aromatic rings. The molecule has 2 N–H and O–H groups in total. The van der Waals surface area contributed by atoms with Crippen LogP contribution in [-0.2, 0) is 22.6 Å². The monoisotopic (exact) mass is 584 g/mol. The number of hydrogen-bond donors (Lipinski definition) is 2. The highest BCUT2D eigenvalue weighted by Crippen LogP contribution is 2.57. The van der Waals surface area contributed by atoms with Crippen LogP contribution < -0.4 is 5.32 Å². The third kappa shape index (κ3) is 5.13. The number of benzene rings is 2. The van der Waals surface area contributed by atoms with E-state index in [4.69, 9.17) is 0 Å². The summed E-state index contributed by atoms with van der Waals surface area (Å²) in [4.78, 5) is 35.0. The number of aliphatic hydroxyl groups excluding tert-OH is 1. The molecule has 3 heterocycles. The second kappa shape index (κ2) is 10.7. The number of likely N-dealkylation sites (tertiary alicyclic amines) is 1. The van der Waals surface area contributed by atoms with Gasteiger partial charge in [-0.2, -0.15) is 0 Å². The normalized spacial score (nSPS) is 22.1. The zero-order chi connectivity index (χ0) is 29.6. The maximum Gasteiger partial charge on any atom is 0.249 e. The minimum Gasteiger partial charge on any atom is -0.391 e. The number of aryl methyl sites for hydroxylation is 1. The summed E-state index contributed by atoms with van der Waals surface area (Å²) in [6, 6.07) is 17.4. The Kier molecular flexibility index (Phi) is 7.22. The van der Waals surface area contributed by atoms with Crippen LogP contribution in [0.4, 0.5) is 0 Å². The molecule has 0 spiro atoms. The third-order valence-electron chi connectivity index (χ3n) is 8.48. The SMILES string of the molecule is Cc1ncsc1-c1ccc(CNC(=O)C23C[C@@H]2[C@@H](O)CN3C(=O)[C@@H](n2cc(Cc3ccccc3)nn2)C(C)(C)C)cc1. The summed E-state index contributed by atoms with van der Waals surface area (Å²) < 4.78 is 1.63. The first kappa shape index (κ1) is 28.2. The highest BCUT2D eigenvalue weighted by molar-refractivity contribution is 7.13. The van der Waals surface area contributed by atoms with Gasteiger partial charge in [0.15, 0.2) is 0 Å². The van der Waals surface area contributed by atoms with Crippen molar-refractivity contribution in [1.82, 2.24) is 30.2 Å². The van der Waals surface area contributed by atoms with Gasteiger partial charge in [-0.15, -0.1) is 16.4 Å². The van der Waals surface area contributed by atoms with E-state index in [1.54, 1.807) is 20.9 Å². The molecule has 2 aromatic carbocycles. The van der Waals surface area contributed by atoms with Crippen LogP contribution in [0.3, 0.4) is 0 Å². The van der Waals surface area contributed by atoms with E-state index in [2.05, 4.69) is 20.6 Å². The van der Waals surface area contributed by atoms with E-state index < -0.39 is 23.1 Å². The quantitative estimate of drug-likeness (QED) is 0.322. The lowest BCUT2D eigenvalue weighted by Crippen LogP contribution is -2.53. The molecule has 2 amide bonds. The summed E-state index contributed by atoms with van der Waals surface area (Å²) in [6.45, 7) is 8.39. The number of aliphatic hydroxyl groups is 1. The Morgan fingerprint density at radius 2 is 1.86 bits per heavy atom. The van der Waals surface area contributed by atoms with Crippen LogP contribution in [0.5, 0.6) is 0 Å². The molecule has 10 heteroatoms. The fourth-order valence-electron chi connectivity index (χ4n) is 6.23. The zero-order valence-electron chi connectivity index (χ0n) is 24.3. The third-order valence-corrected chi connectivity index (χ3v) is 9.46. The highest BCUT2D eigenvalue weighted by atomic mass is 32.1. The molecular weight excluding hydrogens is 548 g/mol. The average molecular weight is 585 g/mol. The Balaban J connectivity index is 1.18. The second-order valence-electron chi connectivity index (χ2n) is 12.5. The molecule has 6 rings (SSSR count). The van der Waals surface area contributed by atoms with Crippen LogP contribution in [0, 0.1) is 18.3 Å². The highest BCUT2D eigenvalue weighted by Gasteiger charge is 2.72. The summed E-state index contributed by atoms with van der Waals surface area (Å²) in [5.74, 6) is -0.726. The molecule has 4 atom stereocenters. The molecule has 2 fully saturated rings. The molecule has 9 nitrogen and oxygen atoms in total. The molecule has 2 aliphatic rings.